The van der Waals surface area contributed by atoms with Crippen LogP contribution in [-0.2, 0) is 13.3 Å². The smallest absolute Gasteiger partial charge is 0.376 e. The van der Waals surface area contributed by atoms with E-state index in [2.05, 4.69) is 13.5 Å². The van der Waals surface area contributed by atoms with Crippen molar-refractivity contribution in [3.63, 3.8) is 0 Å². The predicted octanol–water partition coefficient (Wildman–Crippen LogP) is 1.72. The molecule has 0 aliphatic rings. The molecule has 0 amide bonds. The van der Waals surface area contributed by atoms with Crippen molar-refractivity contribution >= 4 is 20.5 Å². The lowest BCUT2D eigenvalue weighted by Crippen LogP contribution is -2.27. The Morgan fingerprint density at radius 2 is 1.35 bits per heavy atom. The maximum atomic E-state index is 5.22. The molecule has 0 bridgehead atoms. The maximum absolute atomic E-state index is 5.22. The first-order chi connectivity index (χ1) is 7.76. The molecule has 0 rings (SSSR count). The lowest BCUT2D eigenvalue weighted by molar-refractivity contribution is 0.107. The maximum Gasteiger partial charge on any atom is 0.484 e. The number of rotatable bonds is 9. The van der Waals surface area contributed by atoms with Crippen LogP contribution < -0.4 is 0 Å². The summed E-state index contributed by atoms with van der Waals surface area (Å²) in [5, 5.41) is 0. The average Bonchev–Trinajstić information content (AvgIpc) is 2.28. The van der Waals surface area contributed by atoms with Crippen molar-refractivity contribution in [1.82, 2.24) is 0 Å². The highest BCUT2D eigenvalue weighted by molar-refractivity contribution is 6.36. The summed E-state index contributed by atoms with van der Waals surface area (Å²) in [7, 11) is -1.73. The van der Waals surface area contributed by atoms with Gasteiger partial charge in [-0.05, 0) is 38.2 Å². The van der Waals surface area contributed by atoms with Crippen LogP contribution in [0.15, 0.2) is 12.7 Å². The molecule has 106 valence electrons. The van der Waals surface area contributed by atoms with Crippen molar-refractivity contribution in [2.45, 2.75) is 47.0 Å². The molecule has 0 aromatic carbocycles. The fraction of sp³-hybridized carbons (Fsp3) is 0.833. The van der Waals surface area contributed by atoms with Gasteiger partial charge in [-0.15, -0.1) is 6.58 Å². The lowest BCUT2D eigenvalue weighted by Gasteiger charge is -2.12. The Morgan fingerprint density at radius 1 is 0.941 bits per heavy atom. The third kappa shape index (κ3) is 21.8. The molecule has 3 nitrogen and oxygen atoms in total. The fourth-order valence-electron chi connectivity index (χ4n) is 0.901. The quantitative estimate of drug-likeness (QED) is 0.366. The summed E-state index contributed by atoms with van der Waals surface area (Å²) < 4.78 is 15.7. The van der Waals surface area contributed by atoms with E-state index in [0.717, 1.165) is 0 Å². The molecule has 0 saturated heterocycles. The number of hydrogen-bond acceptors (Lipinski definition) is 3. The molecular formula is C12H32O3Si2. The molecule has 0 aromatic rings. The van der Waals surface area contributed by atoms with Crippen molar-refractivity contribution < 1.29 is 13.3 Å². The van der Waals surface area contributed by atoms with Crippen molar-refractivity contribution in [2.75, 3.05) is 19.8 Å². The molecule has 0 atom stereocenters. The van der Waals surface area contributed by atoms with Gasteiger partial charge < -0.3 is 13.3 Å². The van der Waals surface area contributed by atoms with E-state index < -0.39 is 9.53 Å². The Labute approximate surface area is 114 Å². The van der Waals surface area contributed by atoms with Crippen LogP contribution in [-0.4, -0.2) is 40.3 Å². The molecule has 0 aliphatic heterocycles. The zero-order valence-electron chi connectivity index (χ0n) is 11.3. The van der Waals surface area contributed by atoms with E-state index in [9.17, 15) is 0 Å². The van der Waals surface area contributed by atoms with E-state index in [-0.39, 0.29) is 11.0 Å². The SMILES string of the molecule is C=CCCCC.CCO[SiH](OCC)OCC.[SiH4]. The van der Waals surface area contributed by atoms with Crippen LogP contribution in [0.4, 0.5) is 0 Å². The van der Waals surface area contributed by atoms with E-state index in [0.29, 0.717) is 19.8 Å². The first-order valence-electron chi connectivity index (χ1n) is 6.22. The molecule has 0 spiro atoms. The van der Waals surface area contributed by atoms with Gasteiger partial charge in [0, 0.05) is 19.8 Å². The standard InChI is InChI=1S/C6H16O3Si.C6H12.H4Si/c1-4-7-10(8-5-2)9-6-3;1-3-5-6-4-2;/h10H,4-6H2,1-3H3;3H,1,4-6H2,2H3;1H4. The van der Waals surface area contributed by atoms with Gasteiger partial charge in [0.2, 0.25) is 0 Å². The molecule has 5 heteroatoms. The molecule has 0 unspecified atom stereocenters. The van der Waals surface area contributed by atoms with Crippen LogP contribution in [0.3, 0.4) is 0 Å². The summed E-state index contributed by atoms with van der Waals surface area (Å²) in [5.41, 5.74) is 0. The van der Waals surface area contributed by atoms with E-state index in [1.807, 2.05) is 26.8 Å². The summed E-state index contributed by atoms with van der Waals surface area (Å²) in [5.74, 6) is 0. The average molecular weight is 281 g/mol. The summed E-state index contributed by atoms with van der Waals surface area (Å²) in [6.45, 7) is 13.6. The van der Waals surface area contributed by atoms with E-state index >= 15 is 0 Å². The third-order valence-electron chi connectivity index (χ3n) is 1.67. The molecule has 0 aliphatic carbocycles. The predicted molar refractivity (Wildman–Crippen MR) is 83.1 cm³/mol. The monoisotopic (exact) mass is 280 g/mol. The Balaban J connectivity index is -0.000000244. The van der Waals surface area contributed by atoms with Crippen LogP contribution in [0.5, 0.6) is 0 Å². The lowest BCUT2D eigenvalue weighted by atomic mass is 10.3. The fourth-order valence-corrected chi connectivity index (χ4v) is 2.01. The highest BCUT2D eigenvalue weighted by Gasteiger charge is 2.11. The van der Waals surface area contributed by atoms with Crippen LogP contribution in [0.2, 0.25) is 0 Å². The largest absolute Gasteiger partial charge is 0.484 e. The molecule has 17 heavy (non-hydrogen) atoms. The third-order valence-corrected chi connectivity index (χ3v) is 3.49. The van der Waals surface area contributed by atoms with Crippen LogP contribution in [0, 0.1) is 0 Å². The molecule has 0 heterocycles. The Kier molecular flexibility index (Phi) is 27.9. The number of allylic oxidation sites excluding steroid dienone is 1. The van der Waals surface area contributed by atoms with Crippen molar-refractivity contribution in [1.29, 1.82) is 0 Å². The minimum absolute atomic E-state index is 0. The van der Waals surface area contributed by atoms with Gasteiger partial charge in [0.1, 0.15) is 0 Å². The van der Waals surface area contributed by atoms with E-state index in [1.165, 1.54) is 19.3 Å². The zero-order chi connectivity index (χ0) is 12.6. The molecule has 0 fully saturated rings. The Bertz CT molecular complexity index is 121. The second kappa shape index (κ2) is 21.3. The van der Waals surface area contributed by atoms with Gasteiger partial charge in [0.15, 0.2) is 0 Å². The minimum Gasteiger partial charge on any atom is -0.376 e. The van der Waals surface area contributed by atoms with Crippen molar-refractivity contribution in [3.05, 3.63) is 12.7 Å². The second-order valence-electron chi connectivity index (χ2n) is 3.09. The molecule has 0 saturated carbocycles. The van der Waals surface area contributed by atoms with Gasteiger partial charge in [0.25, 0.3) is 0 Å². The van der Waals surface area contributed by atoms with Gasteiger partial charge in [-0.25, -0.2) is 0 Å². The van der Waals surface area contributed by atoms with Gasteiger partial charge >= 0.3 is 9.53 Å². The number of hydrogen-bond donors (Lipinski definition) is 0. The van der Waals surface area contributed by atoms with Gasteiger partial charge in [-0.3, -0.25) is 0 Å². The topological polar surface area (TPSA) is 27.7 Å². The van der Waals surface area contributed by atoms with Crippen LogP contribution in [0.1, 0.15) is 47.0 Å². The van der Waals surface area contributed by atoms with Crippen LogP contribution in [0.25, 0.3) is 0 Å². The van der Waals surface area contributed by atoms with Gasteiger partial charge in [0.05, 0.1) is 0 Å². The van der Waals surface area contributed by atoms with Crippen molar-refractivity contribution in [3.8, 4) is 0 Å². The first-order valence-corrected chi connectivity index (χ1v) is 7.63. The second-order valence-corrected chi connectivity index (χ2v) is 4.66. The van der Waals surface area contributed by atoms with Crippen LogP contribution >= 0.6 is 0 Å². The highest BCUT2D eigenvalue weighted by Crippen LogP contribution is 1.91. The van der Waals surface area contributed by atoms with Gasteiger partial charge in [-0.1, -0.05) is 25.8 Å². The Hall–Kier alpha value is 0.0538. The highest BCUT2D eigenvalue weighted by atomic mass is 28.3. The van der Waals surface area contributed by atoms with Gasteiger partial charge in [-0.2, -0.15) is 0 Å². The Morgan fingerprint density at radius 3 is 1.53 bits per heavy atom. The normalized spacial score (nSPS) is 9.24. The zero-order valence-corrected chi connectivity index (χ0v) is 12.5. The minimum atomic E-state index is -1.73. The summed E-state index contributed by atoms with van der Waals surface area (Å²) in [6.07, 6.45) is 5.72. The van der Waals surface area contributed by atoms with E-state index in [4.69, 9.17) is 13.3 Å². The summed E-state index contributed by atoms with van der Waals surface area (Å²) in [6, 6.07) is 0. The van der Waals surface area contributed by atoms with E-state index in [1.54, 1.807) is 0 Å². The molecular weight excluding hydrogens is 248 g/mol. The first kappa shape index (κ1) is 22.3. The molecule has 0 aromatic heterocycles. The molecule has 0 radical (unpaired) electrons. The summed E-state index contributed by atoms with van der Waals surface area (Å²) in [4.78, 5) is 0. The van der Waals surface area contributed by atoms with Crippen molar-refractivity contribution in [2.24, 2.45) is 0 Å². The number of unbranched alkanes of at least 4 members (excludes halogenated alkanes) is 2. The molecule has 0 N–H and O–H groups in total. The summed E-state index contributed by atoms with van der Waals surface area (Å²) >= 11 is 0.